The molecule has 1 amide bonds. The number of allylic oxidation sites excluding steroid dienone is 2. The number of amides is 1. The maximum atomic E-state index is 13.1. The summed E-state index contributed by atoms with van der Waals surface area (Å²) in [5, 5.41) is 23.7. The van der Waals surface area contributed by atoms with E-state index in [9.17, 15) is 19.8 Å². The molecule has 0 aliphatic carbocycles. The molecule has 0 radical (unpaired) electrons. The summed E-state index contributed by atoms with van der Waals surface area (Å²) < 4.78 is 5.90. The molecular formula is C49H95NO5. The van der Waals surface area contributed by atoms with E-state index in [1.165, 1.54) is 167 Å². The van der Waals surface area contributed by atoms with Gasteiger partial charge in [-0.15, -0.1) is 0 Å². The predicted molar refractivity (Wildman–Crippen MR) is 237 cm³/mol. The van der Waals surface area contributed by atoms with Gasteiger partial charge in [0.15, 0.2) is 0 Å². The standard InChI is InChI=1S/C49H95NO5/c1-4-7-10-13-16-19-22-23-24-25-27-29-32-35-38-41-47(52)46(44-51)50-48(53)43-45(40-37-34-31-28-21-18-15-12-9-6-3)55-49(54)42-39-36-33-30-26-20-17-14-11-8-5-2/h14,17,45-47,51-52H,4-13,15-16,18-44H2,1-3H3,(H,50,53)/b17-14-. The lowest BCUT2D eigenvalue weighted by molar-refractivity contribution is -0.151. The van der Waals surface area contributed by atoms with Crippen LogP contribution in [0.5, 0.6) is 0 Å². The average molecular weight is 778 g/mol. The van der Waals surface area contributed by atoms with Crippen LogP contribution in [-0.2, 0) is 14.3 Å². The van der Waals surface area contributed by atoms with Gasteiger partial charge in [-0.1, -0.05) is 219 Å². The second-order valence-corrected chi connectivity index (χ2v) is 16.9. The Morgan fingerprint density at radius 3 is 1.35 bits per heavy atom. The normalized spacial score (nSPS) is 13.3. The highest BCUT2D eigenvalue weighted by atomic mass is 16.5. The van der Waals surface area contributed by atoms with Crippen molar-refractivity contribution in [2.75, 3.05) is 6.61 Å². The number of aliphatic hydroxyl groups excluding tert-OH is 2. The second kappa shape index (κ2) is 43.7. The number of rotatable bonds is 44. The van der Waals surface area contributed by atoms with E-state index in [1.807, 2.05) is 0 Å². The van der Waals surface area contributed by atoms with Crippen molar-refractivity contribution in [3.8, 4) is 0 Å². The Labute approximate surface area is 342 Å². The summed E-state index contributed by atoms with van der Waals surface area (Å²) in [6.07, 6.45) is 47.0. The molecule has 0 saturated carbocycles. The molecule has 0 heterocycles. The molecule has 0 rings (SSSR count). The van der Waals surface area contributed by atoms with Crippen LogP contribution >= 0.6 is 0 Å². The number of nitrogens with one attached hydrogen (secondary N) is 1. The van der Waals surface area contributed by atoms with Crippen LogP contribution in [0.2, 0.25) is 0 Å². The van der Waals surface area contributed by atoms with Gasteiger partial charge in [-0.05, 0) is 44.9 Å². The van der Waals surface area contributed by atoms with E-state index in [4.69, 9.17) is 4.74 Å². The molecule has 0 bridgehead atoms. The summed E-state index contributed by atoms with van der Waals surface area (Å²) in [7, 11) is 0. The van der Waals surface area contributed by atoms with Gasteiger partial charge in [0.2, 0.25) is 5.91 Å². The summed E-state index contributed by atoms with van der Waals surface area (Å²) >= 11 is 0. The van der Waals surface area contributed by atoms with Gasteiger partial charge in [-0.3, -0.25) is 9.59 Å². The molecule has 3 N–H and O–H groups in total. The molecule has 3 unspecified atom stereocenters. The molecular weight excluding hydrogens is 683 g/mol. The first-order valence-corrected chi connectivity index (χ1v) is 24.4. The zero-order valence-corrected chi connectivity index (χ0v) is 37.1. The number of hydrogen-bond donors (Lipinski definition) is 3. The van der Waals surface area contributed by atoms with Gasteiger partial charge in [0, 0.05) is 6.42 Å². The topological polar surface area (TPSA) is 95.9 Å². The molecule has 6 nitrogen and oxygen atoms in total. The SMILES string of the molecule is CCCC/C=C\CCCCCCCC(=O)OC(CCCCCCCCCCCC)CC(=O)NC(CO)C(O)CCCCCCCCCCCCCCCCC. The summed E-state index contributed by atoms with van der Waals surface area (Å²) in [5.41, 5.74) is 0. The lowest BCUT2D eigenvalue weighted by Crippen LogP contribution is -2.46. The molecule has 0 aromatic heterocycles. The summed E-state index contributed by atoms with van der Waals surface area (Å²) in [4.78, 5) is 26.0. The quantitative estimate of drug-likeness (QED) is 0.0325. The van der Waals surface area contributed by atoms with Crippen LogP contribution in [0, 0.1) is 0 Å². The lowest BCUT2D eigenvalue weighted by atomic mass is 10.0. The third-order valence-electron chi connectivity index (χ3n) is 11.3. The van der Waals surface area contributed by atoms with E-state index in [0.29, 0.717) is 19.3 Å². The van der Waals surface area contributed by atoms with Crippen LogP contribution in [-0.4, -0.2) is 46.9 Å². The van der Waals surface area contributed by atoms with E-state index in [0.717, 1.165) is 51.4 Å². The van der Waals surface area contributed by atoms with E-state index < -0.39 is 18.2 Å². The average Bonchev–Trinajstić information content (AvgIpc) is 3.18. The van der Waals surface area contributed by atoms with Crippen molar-refractivity contribution in [1.82, 2.24) is 5.32 Å². The summed E-state index contributed by atoms with van der Waals surface area (Å²) in [5.74, 6) is -0.473. The van der Waals surface area contributed by atoms with Crippen LogP contribution in [0.4, 0.5) is 0 Å². The van der Waals surface area contributed by atoms with Gasteiger partial charge in [-0.2, -0.15) is 0 Å². The lowest BCUT2D eigenvalue weighted by Gasteiger charge is -2.24. The number of hydrogen-bond acceptors (Lipinski definition) is 5. The van der Waals surface area contributed by atoms with Crippen LogP contribution in [0.3, 0.4) is 0 Å². The van der Waals surface area contributed by atoms with Crippen molar-refractivity contribution >= 4 is 11.9 Å². The molecule has 55 heavy (non-hydrogen) atoms. The van der Waals surface area contributed by atoms with Gasteiger partial charge in [0.25, 0.3) is 0 Å². The van der Waals surface area contributed by atoms with E-state index in [1.54, 1.807) is 0 Å². The van der Waals surface area contributed by atoms with Crippen molar-refractivity contribution in [1.29, 1.82) is 0 Å². The highest BCUT2D eigenvalue weighted by molar-refractivity contribution is 5.77. The third-order valence-corrected chi connectivity index (χ3v) is 11.3. The zero-order valence-electron chi connectivity index (χ0n) is 37.1. The number of ether oxygens (including phenoxy) is 1. The molecule has 0 aliphatic heterocycles. The minimum absolute atomic E-state index is 0.0805. The first-order chi connectivity index (χ1) is 27.0. The number of esters is 1. The van der Waals surface area contributed by atoms with E-state index >= 15 is 0 Å². The first kappa shape index (κ1) is 53.6. The summed E-state index contributed by atoms with van der Waals surface area (Å²) in [6.45, 7) is 6.45. The molecule has 326 valence electrons. The fourth-order valence-corrected chi connectivity index (χ4v) is 7.59. The molecule has 0 aromatic carbocycles. The number of carbonyl (C=O) groups excluding carboxylic acids is 2. The Bertz CT molecular complexity index is 832. The van der Waals surface area contributed by atoms with E-state index in [-0.39, 0.29) is 24.9 Å². The predicted octanol–water partition coefficient (Wildman–Crippen LogP) is 14.2. The van der Waals surface area contributed by atoms with Crippen LogP contribution in [0.25, 0.3) is 0 Å². The van der Waals surface area contributed by atoms with Gasteiger partial charge >= 0.3 is 5.97 Å². The minimum Gasteiger partial charge on any atom is -0.462 e. The number of carbonyl (C=O) groups is 2. The number of aliphatic hydroxyl groups is 2. The van der Waals surface area contributed by atoms with E-state index in [2.05, 4.69) is 38.2 Å². The van der Waals surface area contributed by atoms with Gasteiger partial charge < -0.3 is 20.3 Å². The van der Waals surface area contributed by atoms with Crippen molar-refractivity contribution in [2.24, 2.45) is 0 Å². The highest BCUT2D eigenvalue weighted by Gasteiger charge is 2.24. The minimum atomic E-state index is -0.782. The molecule has 0 fully saturated rings. The highest BCUT2D eigenvalue weighted by Crippen LogP contribution is 2.18. The monoisotopic (exact) mass is 778 g/mol. The Hall–Kier alpha value is -1.40. The van der Waals surface area contributed by atoms with Gasteiger partial charge in [0.1, 0.15) is 6.10 Å². The Morgan fingerprint density at radius 2 is 0.891 bits per heavy atom. The Morgan fingerprint density at radius 1 is 0.509 bits per heavy atom. The van der Waals surface area contributed by atoms with Crippen molar-refractivity contribution in [2.45, 2.75) is 283 Å². The smallest absolute Gasteiger partial charge is 0.306 e. The maximum absolute atomic E-state index is 13.1. The Balaban J connectivity index is 4.47. The summed E-state index contributed by atoms with van der Waals surface area (Å²) in [6, 6.07) is -0.695. The van der Waals surface area contributed by atoms with Gasteiger partial charge in [0.05, 0.1) is 25.2 Å². The van der Waals surface area contributed by atoms with Crippen molar-refractivity contribution in [3.05, 3.63) is 12.2 Å². The van der Waals surface area contributed by atoms with Crippen LogP contribution in [0.15, 0.2) is 12.2 Å². The molecule has 6 heteroatoms. The second-order valence-electron chi connectivity index (χ2n) is 16.9. The molecule has 0 aliphatic rings. The maximum Gasteiger partial charge on any atom is 0.306 e. The molecule has 0 aromatic rings. The van der Waals surface area contributed by atoms with Crippen LogP contribution in [0.1, 0.15) is 265 Å². The van der Waals surface area contributed by atoms with Crippen molar-refractivity contribution in [3.63, 3.8) is 0 Å². The molecule has 3 atom stereocenters. The third kappa shape index (κ3) is 39.2. The Kier molecular flexibility index (Phi) is 42.6. The first-order valence-electron chi connectivity index (χ1n) is 24.4. The van der Waals surface area contributed by atoms with Gasteiger partial charge in [-0.25, -0.2) is 0 Å². The fourth-order valence-electron chi connectivity index (χ4n) is 7.59. The largest absolute Gasteiger partial charge is 0.462 e. The van der Waals surface area contributed by atoms with Crippen LogP contribution < -0.4 is 5.32 Å². The fraction of sp³-hybridized carbons (Fsp3) is 0.918. The van der Waals surface area contributed by atoms with Crippen molar-refractivity contribution < 1.29 is 24.5 Å². The zero-order chi connectivity index (χ0) is 40.3. The number of unbranched alkanes of at least 4 members (excludes halogenated alkanes) is 30. The molecule has 0 saturated heterocycles. The molecule has 0 spiro atoms.